The van der Waals surface area contributed by atoms with Crippen molar-refractivity contribution in [3.63, 3.8) is 0 Å². The van der Waals surface area contributed by atoms with Crippen LogP contribution in [-0.4, -0.2) is 51.7 Å². The number of nitrogens with one attached hydrogen (secondary N) is 2. The summed E-state index contributed by atoms with van der Waals surface area (Å²) in [5.74, 6) is 0.916. The number of benzene rings is 3. The topological polar surface area (TPSA) is 122 Å². The number of amidine groups is 2. The van der Waals surface area contributed by atoms with Gasteiger partial charge in [-0.05, 0) is 60.4 Å². The van der Waals surface area contributed by atoms with Crippen molar-refractivity contribution in [3.05, 3.63) is 83.4 Å². The van der Waals surface area contributed by atoms with Crippen LogP contribution in [0.3, 0.4) is 0 Å². The van der Waals surface area contributed by atoms with Crippen LogP contribution >= 0.6 is 11.8 Å². The SMILES string of the molecule is CCc1ccc(NC(=O)C(CC)SC2=Nc3ccccc3C3=NC(CC(=O)NCc4ccc5c(c4)OCO5)C(=O)N23)cc1. The number of para-hydroxylation sites is 1. The third-order valence-electron chi connectivity index (χ3n) is 7.39. The molecule has 0 saturated carbocycles. The van der Waals surface area contributed by atoms with Gasteiger partial charge in [0.15, 0.2) is 16.7 Å². The first kappa shape index (κ1) is 28.5. The molecule has 2 N–H and O–H groups in total. The number of nitrogens with zero attached hydrogens (tertiary/aromatic N) is 3. The van der Waals surface area contributed by atoms with Crippen LogP contribution in [0.15, 0.2) is 76.7 Å². The van der Waals surface area contributed by atoms with Crippen LogP contribution in [0.5, 0.6) is 11.5 Å². The molecule has 220 valence electrons. The second-order valence-corrected chi connectivity index (χ2v) is 11.4. The van der Waals surface area contributed by atoms with Gasteiger partial charge in [-0.15, -0.1) is 0 Å². The van der Waals surface area contributed by atoms with Crippen LogP contribution in [0.2, 0.25) is 0 Å². The van der Waals surface area contributed by atoms with Crippen LogP contribution in [0.1, 0.15) is 43.4 Å². The van der Waals surface area contributed by atoms with Gasteiger partial charge in [0.2, 0.25) is 18.6 Å². The predicted molar refractivity (Wildman–Crippen MR) is 166 cm³/mol. The lowest BCUT2D eigenvalue weighted by molar-refractivity contribution is -0.128. The van der Waals surface area contributed by atoms with E-state index in [0.29, 0.717) is 45.9 Å². The molecular weight excluding hydrogens is 566 g/mol. The van der Waals surface area contributed by atoms with Gasteiger partial charge in [0, 0.05) is 17.8 Å². The standard InChI is InChI=1S/C32H31N5O5S/c1-3-19-9-12-21(13-10-19)34-30(39)27(4-2)43-32-36-23-8-6-5-7-22(23)29-35-24(31(40)37(29)32)16-28(38)33-17-20-11-14-25-26(15-20)42-18-41-25/h5-15,24,27H,3-4,16-18H2,1-2H3,(H,33,38)(H,34,39). The zero-order chi connectivity index (χ0) is 29.9. The number of hydrogen-bond donors (Lipinski definition) is 2. The molecule has 2 atom stereocenters. The lowest BCUT2D eigenvalue weighted by atomic mass is 10.1. The Labute approximate surface area is 253 Å². The Kier molecular flexibility index (Phi) is 8.15. The van der Waals surface area contributed by atoms with Crippen LogP contribution in [0.25, 0.3) is 0 Å². The zero-order valence-corrected chi connectivity index (χ0v) is 24.6. The zero-order valence-electron chi connectivity index (χ0n) is 23.8. The van der Waals surface area contributed by atoms with E-state index in [1.807, 2.05) is 67.6 Å². The maximum atomic E-state index is 13.7. The first-order valence-electron chi connectivity index (χ1n) is 14.2. The molecule has 0 bridgehead atoms. The van der Waals surface area contributed by atoms with E-state index in [4.69, 9.17) is 14.5 Å². The predicted octanol–water partition coefficient (Wildman–Crippen LogP) is 4.79. The molecule has 3 amide bonds. The van der Waals surface area contributed by atoms with E-state index < -0.39 is 11.3 Å². The minimum absolute atomic E-state index is 0.116. The molecule has 6 rings (SSSR count). The molecule has 0 saturated heterocycles. The summed E-state index contributed by atoms with van der Waals surface area (Å²) >= 11 is 1.22. The van der Waals surface area contributed by atoms with Gasteiger partial charge in [-0.25, -0.2) is 9.89 Å². The van der Waals surface area contributed by atoms with Gasteiger partial charge in [0.25, 0.3) is 5.91 Å². The molecule has 0 fully saturated rings. The van der Waals surface area contributed by atoms with Crippen LogP contribution in [0.4, 0.5) is 11.4 Å². The van der Waals surface area contributed by atoms with E-state index in [9.17, 15) is 14.4 Å². The summed E-state index contributed by atoms with van der Waals surface area (Å²) in [5.41, 5.74) is 4.11. The minimum Gasteiger partial charge on any atom is -0.454 e. The molecule has 3 aromatic rings. The Bertz CT molecular complexity index is 1640. The number of aliphatic imine (C=N–C) groups is 2. The molecule has 3 aromatic carbocycles. The van der Waals surface area contributed by atoms with Gasteiger partial charge < -0.3 is 20.1 Å². The first-order valence-corrected chi connectivity index (χ1v) is 15.1. The monoisotopic (exact) mass is 597 g/mol. The van der Waals surface area contributed by atoms with Crippen molar-refractivity contribution >= 4 is 51.9 Å². The van der Waals surface area contributed by atoms with E-state index in [1.165, 1.54) is 22.2 Å². The number of hydrogen-bond acceptors (Lipinski definition) is 8. The summed E-state index contributed by atoms with van der Waals surface area (Å²) in [6, 6.07) is 19.7. The number of ether oxygens (including phenoxy) is 2. The Morgan fingerprint density at radius 3 is 2.58 bits per heavy atom. The van der Waals surface area contributed by atoms with E-state index >= 15 is 0 Å². The van der Waals surface area contributed by atoms with Gasteiger partial charge in [0.05, 0.1) is 17.4 Å². The van der Waals surface area contributed by atoms with Crippen LogP contribution in [0, 0.1) is 0 Å². The number of thioether (sulfide) groups is 1. The van der Waals surface area contributed by atoms with Crippen molar-refractivity contribution in [2.75, 3.05) is 12.1 Å². The number of amides is 3. The molecule has 3 heterocycles. The fourth-order valence-corrected chi connectivity index (χ4v) is 6.03. The number of aryl methyl sites for hydroxylation is 1. The summed E-state index contributed by atoms with van der Waals surface area (Å²) in [7, 11) is 0. The lowest BCUT2D eigenvalue weighted by Gasteiger charge is -2.27. The summed E-state index contributed by atoms with van der Waals surface area (Å²) in [6.45, 7) is 4.45. The number of carbonyl (C=O) groups is 3. The average molecular weight is 598 g/mol. The normalized spacial score (nSPS) is 17.0. The third-order valence-corrected chi connectivity index (χ3v) is 8.71. The quantitative estimate of drug-likeness (QED) is 0.366. The maximum Gasteiger partial charge on any atom is 0.259 e. The van der Waals surface area contributed by atoms with Gasteiger partial charge in [0.1, 0.15) is 11.9 Å². The molecule has 0 aliphatic carbocycles. The van der Waals surface area contributed by atoms with E-state index in [2.05, 4.69) is 22.5 Å². The smallest absolute Gasteiger partial charge is 0.259 e. The first-order chi connectivity index (χ1) is 20.9. The molecule has 3 aliphatic heterocycles. The fraction of sp³-hybridized carbons (Fsp3) is 0.281. The number of rotatable bonds is 9. The summed E-state index contributed by atoms with van der Waals surface area (Å²) in [4.78, 5) is 50.8. The Morgan fingerprint density at radius 1 is 1.02 bits per heavy atom. The number of fused-ring (bicyclic) bond motifs is 4. The Hall–Kier alpha value is -4.64. The maximum absolute atomic E-state index is 13.7. The second kappa shape index (κ2) is 12.3. The summed E-state index contributed by atoms with van der Waals surface area (Å²) in [5, 5.41) is 5.72. The van der Waals surface area contributed by atoms with Crippen LogP contribution < -0.4 is 20.1 Å². The van der Waals surface area contributed by atoms with Gasteiger partial charge in [-0.2, -0.15) is 0 Å². The highest BCUT2D eigenvalue weighted by molar-refractivity contribution is 8.15. The van der Waals surface area contributed by atoms with E-state index in [0.717, 1.165) is 12.0 Å². The van der Waals surface area contributed by atoms with Crippen molar-refractivity contribution in [1.82, 2.24) is 10.2 Å². The average Bonchev–Trinajstić information content (AvgIpc) is 3.63. The van der Waals surface area contributed by atoms with Crippen LogP contribution in [-0.2, 0) is 27.3 Å². The molecule has 0 spiro atoms. The highest BCUT2D eigenvalue weighted by Crippen LogP contribution is 2.36. The van der Waals surface area contributed by atoms with Crippen molar-refractivity contribution in [2.24, 2.45) is 9.98 Å². The lowest BCUT2D eigenvalue weighted by Crippen LogP contribution is -2.43. The third kappa shape index (κ3) is 5.98. The van der Waals surface area contributed by atoms with E-state index in [-0.39, 0.29) is 37.5 Å². The highest BCUT2D eigenvalue weighted by Gasteiger charge is 2.43. The van der Waals surface area contributed by atoms with Gasteiger partial charge >= 0.3 is 0 Å². The number of anilines is 1. The fourth-order valence-electron chi connectivity index (χ4n) is 5.01. The highest BCUT2D eigenvalue weighted by atomic mass is 32.2. The molecule has 10 nitrogen and oxygen atoms in total. The molecule has 0 radical (unpaired) electrons. The summed E-state index contributed by atoms with van der Waals surface area (Å²) in [6.07, 6.45) is 1.32. The largest absolute Gasteiger partial charge is 0.454 e. The summed E-state index contributed by atoms with van der Waals surface area (Å²) < 4.78 is 10.7. The molecule has 2 unspecified atom stereocenters. The molecule has 3 aliphatic rings. The molecule has 11 heteroatoms. The Morgan fingerprint density at radius 2 is 1.79 bits per heavy atom. The minimum atomic E-state index is -0.908. The van der Waals surface area contributed by atoms with Crippen molar-refractivity contribution < 1.29 is 23.9 Å². The molecule has 0 aromatic heterocycles. The van der Waals surface area contributed by atoms with Gasteiger partial charge in [-0.3, -0.25) is 19.4 Å². The van der Waals surface area contributed by atoms with Crippen molar-refractivity contribution in [1.29, 1.82) is 0 Å². The van der Waals surface area contributed by atoms with Crippen molar-refractivity contribution in [3.8, 4) is 11.5 Å². The van der Waals surface area contributed by atoms with E-state index in [1.54, 1.807) is 6.07 Å². The molecular formula is C32H31N5O5S. The number of carbonyl (C=O) groups excluding carboxylic acids is 3. The Balaban J connectivity index is 1.16. The second-order valence-electron chi connectivity index (χ2n) is 10.3. The van der Waals surface area contributed by atoms with Gasteiger partial charge in [-0.1, -0.05) is 55.9 Å². The molecule has 43 heavy (non-hydrogen) atoms. The van der Waals surface area contributed by atoms with Crippen molar-refractivity contribution in [2.45, 2.75) is 50.9 Å².